The van der Waals surface area contributed by atoms with Gasteiger partial charge < -0.3 is 11.1 Å². The highest BCUT2D eigenvalue weighted by molar-refractivity contribution is 5.97. The van der Waals surface area contributed by atoms with Crippen molar-refractivity contribution in [2.45, 2.75) is 13.5 Å². The molecule has 120 valence electrons. The summed E-state index contributed by atoms with van der Waals surface area (Å²) in [7, 11) is 0. The number of rotatable bonds is 4. The lowest BCUT2D eigenvalue weighted by Crippen LogP contribution is -2.06. The summed E-state index contributed by atoms with van der Waals surface area (Å²) >= 11 is 0. The maximum absolute atomic E-state index is 6.11. The Hall–Kier alpha value is -3.35. The molecule has 0 aliphatic carbocycles. The normalized spacial score (nSPS) is 11.0. The van der Waals surface area contributed by atoms with Crippen LogP contribution in [0.5, 0.6) is 0 Å². The molecule has 0 spiro atoms. The summed E-state index contributed by atoms with van der Waals surface area (Å²) < 4.78 is 0. The molecule has 0 unspecified atom stereocenters. The molecule has 0 saturated carbocycles. The van der Waals surface area contributed by atoms with Gasteiger partial charge in [-0.1, -0.05) is 12.1 Å². The van der Waals surface area contributed by atoms with Crippen LogP contribution in [-0.4, -0.2) is 25.4 Å². The van der Waals surface area contributed by atoms with E-state index in [1.807, 2.05) is 25.1 Å². The zero-order valence-corrected chi connectivity index (χ0v) is 13.2. The molecule has 5 N–H and O–H groups in total. The molecule has 7 heteroatoms. The topological polar surface area (TPSA) is 108 Å². The predicted octanol–water partition coefficient (Wildman–Crippen LogP) is 2.85. The number of aromatic amines is 2. The fraction of sp³-hybridized carbons (Fsp3) is 0.118. The lowest BCUT2D eigenvalue weighted by molar-refractivity contribution is 0.981. The lowest BCUT2D eigenvalue weighted by atomic mass is 10.0. The van der Waals surface area contributed by atoms with Gasteiger partial charge in [-0.25, -0.2) is 4.98 Å². The van der Waals surface area contributed by atoms with Crippen molar-refractivity contribution in [2.24, 2.45) is 0 Å². The van der Waals surface area contributed by atoms with Crippen LogP contribution >= 0.6 is 0 Å². The molecule has 0 amide bonds. The Balaban J connectivity index is 1.78. The van der Waals surface area contributed by atoms with Crippen LogP contribution in [-0.2, 0) is 6.54 Å². The summed E-state index contributed by atoms with van der Waals surface area (Å²) in [6.07, 6.45) is 3.47. The Morgan fingerprint density at radius 2 is 1.92 bits per heavy atom. The van der Waals surface area contributed by atoms with Crippen molar-refractivity contribution in [3.8, 4) is 11.3 Å². The summed E-state index contributed by atoms with van der Waals surface area (Å²) in [5, 5.41) is 18.3. The number of fused-ring (bicyclic) bond motifs is 1. The molecule has 0 aliphatic rings. The molecule has 24 heavy (non-hydrogen) atoms. The number of hydrogen-bond acceptors (Lipinski definition) is 5. The fourth-order valence-electron chi connectivity index (χ4n) is 2.76. The zero-order valence-electron chi connectivity index (χ0n) is 13.2. The molecule has 3 heterocycles. The Bertz CT molecular complexity index is 972. The fourth-order valence-corrected chi connectivity index (χ4v) is 2.76. The van der Waals surface area contributed by atoms with Crippen LogP contribution in [0.3, 0.4) is 0 Å². The van der Waals surface area contributed by atoms with E-state index < -0.39 is 0 Å². The van der Waals surface area contributed by atoms with Crippen LogP contribution in [0.25, 0.3) is 22.2 Å². The maximum Gasteiger partial charge on any atom is 0.129 e. The van der Waals surface area contributed by atoms with Crippen LogP contribution in [0.1, 0.15) is 11.3 Å². The molecule has 0 fully saturated rings. The zero-order chi connectivity index (χ0) is 16.5. The van der Waals surface area contributed by atoms with Crippen molar-refractivity contribution in [1.29, 1.82) is 0 Å². The SMILES string of the molecule is Cc1c(N)nc2cc(-c3ccn[nH]3)ccc2c1NCc1ccn[nH]1. The highest BCUT2D eigenvalue weighted by atomic mass is 15.1. The molecule has 0 saturated heterocycles. The first-order chi connectivity index (χ1) is 11.7. The monoisotopic (exact) mass is 319 g/mol. The molecule has 0 aliphatic heterocycles. The second-order valence-electron chi connectivity index (χ2n) is 5.63. The molecule has 1 aromatic carbocycles. The minimum Gasteiger partial charge on any atom is -0.383 e. The van der Waals surface area contributed by atoms with Gasteiger partial charge in [0.15, 0.2) is 0 Å². The Morgan fingerprint density at radius 1 is 1.08 bits per heavy atom. The van der Waals surface area contributed by atoms with E-state index in [4.69, 9.17) is 5.73 Å². The number of nitrogens with one attached hydrogen (secondary N) is 3. The number of hydrogen-bond donors (Lipinski definition) is 4. The van der Waals surface area contributed by atoms with Crippen molar-refractivity contribution < 1.29 is 0 Å². The predicted molar refractivity (Wildman–Crippen MR) is 94.4 cm³/mol. The van der Waals surface area contributed by atoms with Gasteiger partial charge in [0.1, 0.15) is 5.82 Å². The standard InChI is InChI=1S/C17H17N7/c1-10-16(19-9-12-4-6-20-23-12)13-3-2-11(14-5-7-21-24-14)8-15(13)22-17(10)18/h2-8H,9H2,1H3,(H,20,23)(H,21,24)(H3,18,19,22). The number of aromatic nitrogens is 5. The average molecular weight is 319 g/mol. The van der Waals surface area contributed by atoms with E-state index in [-0.39, 0.29) is 0 Å². The number of nitrogen functional groups attached to an aromatic ring is 1. The van der Waals surface area contributed by atoms with Crippen LogP contribution in [0.4, 0.5) is 11.5 Å². The largest absolute Gasteiger partial charge is 0.383 e. The van der Waals surface area contributed by atoms with E-state index in [1.165, 1.54) is 0 Å². The van der Waals surface area contributed by atoms with Gasteiger partial charge in [0.25, 0.3) is 0 Å². The Kier molecular flexibility index (Phi) is 3.38. The van der Waals surface area contributed by atoms with Crippen molar-refractivity contribution in [1.82, 2.24) is 25.4 Å². The van der Waals surface area contributed by atoms with Gasteiger partial charge in [-0.3, -0.25) is 10.2 Å². The van der Waals surface area contributed by atoms with Crippen molar-refractivity contribution in [3.05, 3.63) is 54.0 Å². The molecule has 0 bridgehead atoms. The van der Waals surface area contributed by atoms with E-state index in [1.54, 1.807) is 12.4 Å². The van der Waals surface area contributed by atoms with Crippen molar-refractivity contribution in [3.63, 3.8) is 0 Å². The van der Waals surface area contributed by atoms with Crippen LogP contribution in [0, 0.1) is 6.92 Å². The number of nitrogens with zero attached hydrogens (tertiary/aromatic N) is 3. The van der Waals surface area contributed by atoms with E-state index in [9.17, 15) is 0 Å². The van der Waals surface area contributed by atoms with E-state index in [0.29, 0.717) is 12.4 Å². The molecule has 4 aromatic rings. The third-order valence-corrected chi connectivity index (χ3v) is 4.09. The van der Waals surface area contributed by atoms with E-state index >= 15 is 0 Å². The number of anilines is 2. The van der Waals surface area contributed by atoms with Crippen molar-refractivity contribution >= 4 is 22.4 Å². The molecular weight excluding hydrogens is 302 g/mol. The molecule has 4 rings (SSSR count). The van der Waals surface area contributed by atoms with Gasteiger partial charge in [-0.15, -0.1) is 0 Å². The molecule has 0 radical (unpaired) electrons. The van der Waals surface area contributed by atoms with Gasteiger partial charge in [0.2, 0.25) is 0 Å². The van der Waals surface area contributed by atoms with Crippen molar-refractivity contribution in [2.75, 3.05) is 11.1 Å². The summed E-state index contributed by atoms with van der Waals surface area (Å²) in [5.74, 6) is 0.524. The first kappa shape index (κ1) is 14.3. The van der Waals surface area contributed by atoms with Gasteiger partial charge >= 0.3 is 0 Å². The summed E-state index contributed by atoms with van der Waals surface area (Å²) in [6.45, 7) is 2.61. The second kappa shape index (κ2) is 5.69. The number of benzene rings is 1. The maximum atomic E-state index is 6.11. The third kappa shape index (κ3) is 2.45. The summed E-state index contributed by atoms with van der Waals surface area (Å²) in [6, 6.07) is 9.98. The quantitative estimate of drug-likeness (QED) is 0.462. The highest BCUT2D eigenvalue weighted by Gasteiger charge is 2.11. The van der Waals surface area contributed by atoms with Crippen LogP contribution < -0.4 is 11.1 Å². The number of H-pyrrole nitrogens is 2. The first-order valence-electron chi connectivity index (χ1n) is 7.64. The number of nitrogens with two attached hydrogens (primary N) is 1. The summed E-state index contributed by atoms with van der Waals surface area (Å²) in [5.41, 5.74) is 11.9. The third-order valence-electron chi connectivity index (χ3n) is 4.09. The smallest absolute Gasteiger partial charge is 0.129 e. The van der Waals surface area contributed by atoms with E-state index in [2.05, 4.69) is 42.8 Å². The van der Waals surface area contributed by atoms with E-state index in [0.717, 1.165) is 39.1 Å². The molecule has 3 aromatic heterocycles. The highest BCUT2D eigenvalue weighted by Crippen LogP contribution is 2.32. The first-order valence-corrected chi connectivity index (χ1v) is 7.64. The Labute approximate surface area is 138 Å². The minimum absolute atomic E-state index is 0.524. The molecule has 7 nitrogen and oxygen atoms in total. The minimum atomic E-state index is 0.524. The molecule has 0 atom stereocenters. The lowest BCUT2D eigenvalue weighted by Gasteiger charge is -2.14. The van der Waals surface area contributed by atoms with Gasteiger partial charge in [0.05, 0.1) is 29.1 Å². The van der Waals surface area contributed by atoms with Gasteiger partial charge in [0, 0.05) is 28.9 Å². The van der Waals surface area contributed by atoms with Crippen LogP contribution in [0.15, 0.2) is 42.7 Å². The number of pyridine rings is 1. The van der Waals surface area contributed by atoms with Gasteiger partial charge in [-0.2, -0.15) is 10.2 Å². The second-order valence-corrected chi connectivity index (χ2v) is 5.63. The van der Waals surface area contributed by atoms with Gasteiger partial charge in [-0.05, 0) is 25.1 Å². The molecular formula is C17H17N7. The summed E-state index contributed by atoms with van der Waals surface area (Å²) in [4.78, 5) is 4.53. The Morgan fingerprint density at radius 3 is 2.67 bits per heavy atom. The van der Waals surface area contributed by atoms with Crippen LogP contribution in [0.2, 0.25) is 0 Å². The average Bonchev–Trinajstić information content (AvgIpc) is 3.28.